The van der Waals surface area contributed by atoms with E-state index in [9.17, 15) is 4.79 Å². The third-order valence-corrected chi connectivity index (χ3v) is 6.89. The molecule has 0 aliphatic carbocycles. The lowest BCUT2D eigenvalue weighted by Crippen LogP contribution is -2.49. The van der Waals surface area contributed by atoms with Crippen molar-refractivity contribution in [1.82, 2.24) is 4.90 Å². The summed E-state index contributed by atoms with van der Waals surface area (Å²) in [4.78, 5) is 15.6. The maximum Gasteiger partial charge on any atom is 0.232 e. The van der Waals surface area contributed by atoms with Crippen LogP contribution in [0.15, 0.2) is 78.9 Å². The lowest BCUT2D eigenvalue weighted by molar-refractivity contribution is -0.123. The van der Waals surface area contributed by atoms with Crippen LogP contribution in [0.4, 0.5) is 0 Å². The minimum atomic E-state index is -0.830. The highest BCUT2D eigenvalue weighted by Gasteiger charge is 2.49. The Morgan fingerprint density at radius 2 is 1.68 bits per heavy atom. The molecule has 2 N–H and O–H groups in total. The molecular formula is C27H28N2O2. The van der Waals surface area contributed by atoms with Gasteiger partial charge in [0.1, 0.15) is 11.2 Å². The first kappa shape index (κ1) is 19.8. The predicted molar refractivity (Wildman–Crippen MR) is 122 cm³/mol. The molecule has 3 aromatic rings. The van der Waals surface area contributed by atoms with Crippen molar-refractivity contribution in [1.29, 1.82) is 0 Å². The van der Waals surface area contributed by atoms with Crippen LogP contribution >= 0.6 is 0 Å². The molecule has 1 saturated heterocycles. The molecule has 2 aliphatic heterocycles. The number of nitrogens with zero attached hydrogens (tertiary/aromatic N) is 1. The van der Waals surface area contributed by atoms with Gasteiger partial charge in [0.15, 0.2) is 0 Å². The standard InChI is InChI=1S/C27H28N2O2/c28-26(30)27(22-7-3-1-4-8-22,23-9-5-2-6-10-23)24-13-15-29(19-24)18-20-11-12-25-21(17-20)14-16-31-25/h1-12,17,24H,13-16,18-19H2,(H2,28,30)/t24-/m1/s1. The molecule has 31 heavy (non-hydrogen) atoms. The molecule has 3 aromatic carbocycles. The fourth-order valence-electron chi connectivity index (χ4n) is 5.45. The van der Waals surface area contributed by atoms with Gasteiger partial charge in [0.2, 0.25) is 5.91 Å². The molecule has 0 spiro atoms. The van der Waals surface area contributed by atoms with Crippen LogP contribution in [0, 0.1) is 5.92 Å². The average molecular weight is 413 g/mol. The SMILES string of the molecule is NC(=O)C(c1ccccc1)(c1ccccc1)[C@@H]1CCN(Cc2ccc3c(c2)CCO3)C1. The molecule has 1 atom stereocenters. The Hall–Kier alpha value is -3.11. The fraction of sp³-hybridized carbons (Fsp3) is 0.296. The third kappa shape index (κ3) is 3.51. The number of amides is 1. The Labute approximate surface area is 183 Å². The first-order valence-corrected chi connectivity index (χ1v) is 11.1. The van der Waals surface area contributed by atoms with Crippen molar-refractivity contribution in [3.63, 3.8) is 0 Å². The Bertz CT molecular complexity index is 1030. The molecule has 4 heteroatoms. The molecule has 158 valence electrons. The number of rotatable bonds is 6. The third-order valence-electron chi connectivity index (χ3n) is 6.89. The van der Waals surface area contributed by atoms with Gasteiger partial charge in [-0.15, -0.1) is 0 Å². The number of primary amides is 1. The van der Waals surface area contributed by atoms with Crippen LogP contribution in [0.2, 0.25) is 0 Å². The largest absolute Gasteiger partial charge is 0.493 e. The zero-order valence-corrected chi connectivity index (χ0v) is 17.7. The van der Waals surface area contributed by atoms with Crippen molar-refractivity contribution < 1.29 is 9.53 Å². The summed E-state index contributed by atoms with van der Waals surface area (Å²) in [6.07, 6.45) is 1.92. The topological polar surface area (TPSA) is 55.6 Å². The van der Waals surface area contributed by atoms with E-state index in [1.54, 1.807) is 0 Å². The van der Waals surface area contributed by atoms with Gasteiger partial charge in [0, 0.05) is 19.5 Å². The second-order valence-corrected chi connectivity index (χ2v) is 8.67. The number of hydrogen-bond acceptors (Lipinski definition) is 3. The van der Waals surface area contributed by atoms with E-state index in [0.717, 1.165) is 56.0 Å². The Balaban J connectivity index is 1.46. The van der Waals surface area contributed by atoms with Crippen molar-refractivity contribution >= 4 is 5.91 Å². The number of carbonyl (C=O) groups is 1. The minimum Gasteiger partial charge on any atom is -0.493 e. The van der Waals surface area contributed by atoms with Crippen LogP contribution in [-0.4, -0.2) is 30.5 Å². The number of fused-ring (bicyclic) bond motifs is 1. The van der Waals surface area contributed by atoms with Crippen molar-refractivity contribution in [2.24, 2.45) is 11.7 Å². The summed E-state index contributed by atoms with van der Waals surface area (Å²) < 4.78 is 5.64. The maximum atomic E-state index is 13.2. The van der Waals surface area contributed by atoms with E-state index in [0.29, 0.717) is 0 Å². The van der Waals surface area contributed by atoms with Crippen molar-refractivity contribution in [2.75, 3.05) is 19.7 Å². The van der Waals surface area contributed by atoms with Crippen molar-refractivity contribution in [3.8, 4) is 5.75 Å². The van der Waals surface area contributed by atoms with Gasteiger partial charge in [-0.3, -0.25) is 9.69 Å². The first-order valence-electron chi connectivity index (χ1n) is 11.1. The lowest BCUT2D eigenvalue weighted by atomic mass is 9.64. The van der Waals surface area contributed by atoms with Crippen LogP contribution in [-0.2, 0) is 23.2 Å². The Morgan fingerprint density at radius 1 is 1.00 bits per heavy atom. The summed E-state index contributed by atoms with van der Waals surface area (Å²) in [6, 6.07) is 26.6. The highest BCUT2D eigenvalue weighted by atomic mass is 16.5. The van der Waals surface area contributed by atoms with Gasteiger partial charge < -0.3 is 10.5 Å². The molecule has 0 unspecified atom stereocenters. The summed E-state index contributed by atoms with van der Waals surface area (Å²) in [5.41, 5.74) is 9.94. The van der Waals surface area contributed by atoms with E-state index in [-0.39, 0.29) is 11.8 Å². The van der Waals surface area contributed by atoms with Crippen LogP contribution in [0.1, 0.15) is 28.7 Å². The molecule has 0 radical (unpaired) electrons. The highest BCUT2D eigenvalue weighted by molar-refractivity contribution is 5.91. The second-order valence-electron chi connectivity index (χ2n) is 8.67. The van der Waals surface area contributed by atoms with Gasteiger partial charge in [-0.2, -0.15) is 0 Å². The fourth-order valence-corrected chi connectivity index (χ4v) is 5.45. The quantitative estimate of drug-likeness (QED) is 0.668. The second kappa shape index (κ2) is 8.20. The van der Waals surface area contributed by atoms with E-state index in [1.807, 2.05) is 60.7 Å². The van der Waals surface area contributed by atoms with Gasteiger partial charge >= 0.3 is 0 Å². The molecule has 1 fully saturated rings. The summed E-state index contributed by atoms with van der Waals surface area (Å²) in [5, 5.41) is 0. The van der Waals surface area contributed by atoms with Gasteiger partial charge in [-0.1, -0.05) is 72.8 Å². The molecule has 0 bridgehead atoms. The summed E-state index contributed by atoms with van der Waals surface area (Å²) in [7, 11) is 0. The zero-order chi connectivity index (χ0) is 21.3. The zero-order valence-electron chi connectivity index (χ0n) is 17.7. The normalized spacial score (nSPS) is 18.5. The van der Waals surface area contributed by atoms with Gasteiger partial charge in [0.05, 0.1) is 6.61 Å². The maximum absolute atomic E-state index is 13.2. The van der Waals surface area contributed by atoms with Crippen LogP contribution < -0.4 is 10.5 Å². The predicted octanol–water partition coefficient (Wildman–Crippen LogP) is 3.92. The van der Waals surface area contributed by atoms with Crippen LogP contribution in [0.5, 0.6) is 5.75 Å². The van der Waals surface area contributed by atoms with Gasteiger partial charge in [-0.25, -0.2) is 0 Å². The number of nitrogens with two attached hydrogens (primary N) is 1. The van der Waals surface area contributed by atoms with Gasteiger partial charge in [0.25, 0.3) is 0 Å². The van der Waals surface area contributed by atoms with Crippen molar-refractivity contribution in [3.05, 3.63) is 101 Å². The smallest absolute Gasteiger partial charge is 0.232 e. The Kier molecular flexibility index (Phi) is 5.24. The summed E-state index contributed by atoms with van der Waals surface area (Å²) in [5.74, 6) is 0.864. The molecule has 0 aromatic heterocycles. The number of likely N-dealkylation sites (tertiary alicyclic amines) is 1. The number of benzene rings is 3. The van der Waals surface area contributed by atoms with Crippen LogP contribution in [0.25, 0.3) is 0 Å². The molecule has 0 saturated carbocycles. The molecular weight excluding hydrogens is 384 g/mol. The van der Waals surface area contributed by atoms with E-state index in [4.69, 9.17) is 10.5 Å². The number of hydrogen-bond donors (Lipinski definition) is 1. The van der Waals surface area contributed by atoms with Crippen LogP contribution in [0.3, 0.4) is 0 Å². The molecule has 2 aliphatic rings. The van der Waals surface area contributed by atoms with Gasteiger partial charge in [-0.05, 0) is 47.2 Å². The van der Waals surface area contributed by atoms with E-state index < -0.39 is 5.41 Å². The summed E-state index contributed by atoms with van der Waals surface area (Å²) >= 11 is 0. The van der Waals surface area contributed by atoms with E-state index >= 15 is 0 Å². The average Bonchev–Trinajstić information content (AvgIpc) is 3.45. The number of ether oxygens (including phenoxy) is 1. The monoisotopic (exact) mass is 412 g/mol. The first-order chi connectivity index (χ1) is 15.2. The molecule has 2 heterocycles. The lowest BCUT2D eigenvalue weighted by Gasteiger charge is -2.37. The highest BCUT2D eigenvalue weighted by Crippen LogP contribution is 2.44. The van der Waals surface area contributed by atoms with Crippen molar-refractivity contribution in [2.45, 2.75) is 24.8 Å². The molecule has 5 rings (SSSR count). The van der Waals surface area contributed by atoms with E-state index in [2.05, 4.69) is 23.1 Å². The molecule has 1 amide bonds. The number of carbonyl (C=O) groups excluding carboxylic acids is 1. The molecule has 4 nitrogen and oxygen atoms in total. The summed E-state index contributed by atoms with van der Waals surface area (Å²) in [6.45, 7) is 3.44. The van der Waals surface area contributed by atoms with E-state index in [1.165, 1.54) is 11.1 Å². The Morgan fingerprint density at radius 3 is 2.32 bits per heavy atom. The minimum absolute atomic E-state index is 0.118.